The molecule has 1 aromatic rings. The molecule has 78 valence electrons. The molecule has 1 atom stereocenters. The van der Waals surface area contributed by atoms with E-state index in [0.717, 1.165) is 0 Å². The second-order valence-electron chi connectivity index (χ2n) is 3.19. The number of nitrogens with zero attached hydrogens (tertiary/aromatic N) is 1. The highest BCUT2D eigenvalue weighted by molar-refractivity contribution is 6.29. The first-order valence-corrected chi connectivity index (χ1v) is 4.66. The third-order valence-corrected chi connectivity index (χ3v) is 2.19. The van der Waals surface area contributed by atoms with Gasteiger partial charge in [-0.05, 0) is 25.3 Å². The van der Waals surface area contributed by atoms with E-state index in [9.17, 15) is 4.39 Å². The molecule has 1 aromatic heterocycles. The molecule has 0 fully saturated rings. The fourth-order valence-electron chi connectivity index (χ4n) is 1.08. The van der Waals surface area contributed by atoms with Gasteiger partial charge in [-0.1, -0.05) is 11.6 Å². The number of aliphatic hydroxyl groups excluding tert-OH is 1. The van der Waals surface area contributed by atoms with E-state index in [0.29, 0.717) is 18.4 Å². The summed E-state index contributed by atoms with van der Waals surface area (Å²) < 4.78 is 13.1. The van der Waals surface area contributed by atoms with E-state index >= 15 is 0 Å². The molecule has 0 radical (unpaired) electrons. The molecular formula is C9H12ClFN2O. The highest BCUT2D eigenvalue weighted by atomic mass is 35.5. The summed E-state index contributed by atoms with van der Waals surface area (Å²) in [5, 5.41) is 8.83. The smallest absolute Gasteiger partial charge is 0.183 e. The predicted molar refractivity (Wildman–Crippen MR) is 53.6 cm³/mol. The highest BCUT2D eigenvalue weighted by Crippen LogP contribution is 2.22. The normalized spacial score (nSPS) is 12.9. The lowest BCUT2D eigenvalue weighted by molar-refractivity contribution is 0.185. The summed E-state index contributed by atoms with van der Waals surface area (Å²) in [5.41, 5.74) is 6.08. The van der Waals surface area contributed by atoms with Gasteiger partial charge in [0.05, 0.1) is 11.8 Å². The van der Waals surface area contributed by atoms with Gasteiger partial charge in [0.2, 0.25) is 0 Å². The molecule has 0 aliphatic heterocycles. The van der Waals surface area contributed by atoms with Crippen LogP contribution in [0.25, 0.3) is 0 Å². The van der Waals surface area contributed by atoms with Gasteiger partial charge < -0.3 is 10.8 Å². The Kier molecular flexibility index (Phi) is 3.66. The van der Waals surface area contributed by atoms with Crippen LogP contribution in [0.5, 0.6) is 0 Å². The maximum Gasteiger partial charge on any atom is 0.183 e. The van der Waals surface area contributed by atoms with Crippen LogP contribution in [-0.4, -0.2) is 16.2 Å². The average Bonchev–Trinajstić information content (AvgIpc) is 2.13. The number of aromatic nitrogens is 1. The minimum absolute atomic E-state index is 0.0191. The number of aryl methyl sites for hydroxylation is 1. The van der Waals surface area contributed by atoms with Gasteiger partial charge in [-0.3, -0.25) is 0 Å². The number of halogens is 2. The van der Waals surface area contributed by atoms with Crippen molar-refractivity contribution in [2.24, 2.45) is 0 Å². The van der Waals surface area contributed by atoms with Crippen LogP contribution in [0.15, 0.2) is 6.20 Å². The summed E-state index contributed by atoms with van der Waals surface area (Å²) in [5.74, 6) is -0.685. The van der Waals surface area contributed by atoms with Crippen LogP contribution in [0.3, 0.4) is 0 Å². The predicted octanol–water partition coefficient (Wildman–Crippen LogP) is 1.77. The van der Waals surface area contributed by atoms with Crippen LogP contribution < -0.4 is 5.73 Å². The number of nitrogens with two attached hydrogens (primary N) is 1. The van der Waals surface area contributed by atoms with Crippen LogP contribution in [0.4, 0.5) is 10.1 Å². The molecule has 1 unspecified atom stereocenters. The summed E-state index contributed by atoms with van der Waals surface area (Å²) in [6, 6.07) is 0. The molecule has 0 spiro atoms. The molecule has 0 aliphatic carbocycles. The molecule has 0 aromatic carbocycles. The molecule has 14 heavy (non-hydrogen) atoms. The van der Waals surface area contributed by atoms with Crippen LogP contribution in [0, 0.1) is 5.82 Å². The van der Waals surface area contributed by atoms with E-state index in [4.69, 9.17) is 22.4 Å². The van der Waals surface area contributed by atoms with Crippen molar-refractivity contribution in [3.63, 3.8) is 0 Å². The fourth-order valence-corrected chi connectivity index (χ4v) is 1.23. The molecule has 0 bridgehead atoms. The summed E-state index contributed by atoms with van der Waals surface area (Å²) in [4.78, 5) is 3.65. The number of hydrogen-bond acceptors (Lipinski definition) is 3. The first kappa shape index (κ1) is 11.2. The zero-order chi connectivity index (χ0) is 10.7. The van der Waals surface area contributed by atoms with Gasteiger partial charge in [-0.25, -0.2) is 9.37 Å². The summed E-state index contributed by atoms with van der Waals surface area (Å²) in [6.07, 6.45) is 2.01. The van der Waals surface area contributed by atoms with Crippen molar-refractivity contribution in [1.82, 2.24) is 4.98 Å². The van der Waals surface area contributed by atoms with E-state index in [2.05, 4.69) is 4.98 Å². The van der Waals surface area contributed by atoms with E-state index < -0.39 is 11.9 Å². The maximum atomic E-state index is 13.1. The van der Waals surface area contributed by atoms with E-state index in [1.807, 2.05) is 0 Å². The maximum absolute atomic E-state index is 13.1. The molecule has 0 saturated heterocycles. The Labute approximate surface area is 86.7 Å². The van der Waals surface area contributed by atoms with Crippen molar-refractivity contribution in [2.45, 2.75) is 25.9 Å². The topological polar surface area (TPSA) is 59.1 Å². The lowest BCUT2D eigenvalue weighted by Gasteiger charge is -2.07. The van der Waals surface area contributed by atoms with Crippen LogP contribution in [-0.2, 0) is 6.42 Å². The summed E-state index contributed by atoms with van der Waals surface area (Å²) >= 11 is 5.43. The zero-order valence-electron chi connectivity index (χ0n) is 7.80. The number of rotatable bonds is 3. The zero-order valence-corrected chi connectivity index (χ0v) is 8.55. The molecule has 0 saturated carbocycles. The minimum atomic E-state index is -0.685. The molecule has 3 N–H and O–H groups in total. The van der Waals surface area contributed by atoms with Crippen molar-refractivity contribution in [1.29, 1.82) is 0 Å². The standard InChI is InChI=1S/C9H12ClFN2O/c1-5(14)2-3-6-4-13-9(10)7(11)8(6)12/h4-5,14H,2-3H2,1H3,(H2,12,13). The van der Waals surface area contributed by atoms with Crippen LogP contribution in [0.2, 0.25) is 5.15 Å². The first-order chi connectivity index (χ1) is 6.52. The van der Waals surface area contributed by atoms with Crippen molar-refractivity contribution in [3.8, 4) is 0 Å². The number of aliphatic hydroxyl groups is 1. The first-order valence-electron chi connectivity index (χ1n) is 4.28. The van der Waals surface area contributed by atoms with Crippen molar-refractivity contribution in [2.75, 3.05) is 5.73 Å². The Morgan fingerprint density at radius 1 is 1.71 bits per heavy atom. The third kappa shape index (κ3) is 2.56. The molecule has 3 nitrogen and oxygen atoms in total. The Bertz CT molecular complexity index is 331. The van der Waals surface area contributed by atoms with Crippen LogP contribution in [0.1, 0.15) is 18.9 Å². The largest absolute Gasteiger partial charge is 0.396 e. The molecule has 0 aliphatic rings. The van der Waals surface area contributed by atoms with E-state index in [1.165, 1.54) is 6.20 Å². The van der Waals surface area contributed by atoms with Gasteiger partial charge in [0.1, 0.15) is 0 Å². The van der Waals surface area contributed by atoms with E-state index in [1.54, 1.807) is 6.92 Å². The molecule has 1 heterocycles. The molecule has 5 heteroatoms. The SMILES string of the molecule is CC(O)CCc1cnc(Cl)c(F)c1N. The van der Waals surface area contributed by atoms with Crippen molar-refractivity contribution in [3.05, 3.63) is 22.7 Å². The number of pyridine rings is 1. The quantitative estimate of drug-likeness (QED) is 0.761. The van der Waals surface area contributed by atoms with Gasteiger partial charge in [0.25, 0.3) is 0 Å². The van der Waals surface area contributed by atoms with Gasteiger partial charge in [0.15, 0.2) is 11.0 Å². The number of anilines is 1. The molecule has 0 amide bonds. The van der Waals surface area contributed by atoms with Crippen molar-refractivity contribution >= 4 is 17.3 Å². The minimum Gasteiger partial charge on any atom is -0.396 e. The fraction of sp³-hybridized carbons (Fsp3) is 0.444. The Hall–Kier alpha value is -0.870. The Balaban J connectivity index is 2.83. The van der Waals surface area contributed by atoms with E-state index in [-0.39, 0.29) is 10.8 Å². The average molecular weight is 219 g/mol. The van der Waals surface area contributed by atoms with Crippen molar-refractivity contribution < 1.29 is 9.50 Å². The summed E-state index contributed by atoms with van der Waals surface area (Å²) in [6.45, 7) is 1.66. The second kappa shape index (κ2) is 4.57. The Morgan fingerprint density at radius 3 is 2.93 bits per heavy atom. The third-order valence-electron chi connectivity index (χ3n) is 1.93. The number of nitrogen functional groups attached to an aromatic ring is 1. The Morgan fingerprint density at radius 2 is 2.36 bits per heavy atom. The monoisotopic (exact) mass is 218 g/mol. The van der Waals surface area contributed by atoms with Crippen LogP contribution >= 0.6 is 11.6 Å². The van der Waals surface area contributed by atoms with Gasteiger partial charge in [0, 0.05) is 6.20 Å². The molecular weight excluding hydrogens is 207 g/mol. The lowest BCUT2D eigenvalue weighted by Crippen LogP contribution is -2.05. The number of hydrogen-bond donors (Lipinski definition) is 2. The van der Waals surface area contributed by atoms with Gasteiger partial charge in [-0.2, -0.15) is 0 Å². The highest BCUT2D eigenvalue weighted by Gasteiger charge is 2.10. The summed E-state index contributed by atoms with van der Waals surface area (Å²) in [7, 11) is 0. The second-order valence-corrected chi connectivity index (χ2v) is 3.55. The van der Waals surface area contributed by atoms with Gasteiger partial charge >= 0.3 is 0 Å². The molecule has 1 rings (SSSR count). The van der Waals surface area contributed by atoms with Gasteiger partial charge in [-0.15, -0.1) is 0 Å². The lowest BCUT2D eigenvalue weighted by atomic mass is 10.1.